The van der Waals surface area contributed by atoms with E-state index in [0.29, 0.717) is 0 Å². The van der Waals surface area contributed by atoms with Gasteiger partial charge in [0.15, 0.2) is 0 Å². The summed E-state index contributed by atoms with van der Waals surface area (Å²) in [4.78, 5) is 50.6. The van der Waals surface area contributed by atoms with Gasteiger partial charge in [0.25, 0.3) is 11.5 Å². The molecule has 9 heteroatoms. The van der Waals surface area contributed by atoms with Gasteiger partial charge in [0, 0.05) is 12.6 Å². The lowest BCUT2D eigenvalue weighted by Crippen LogP contribution is -2.41. The van der Waals surface area contributed by atoms with Crippen molar-refractivity contribution in [3.8, 4) is 0 Å². The quantitative estimate of drug-likeness (QED) is 0.565. The van der Waals surface area contributed by atoms with Crippen molar-refractivity contribution in [2.45, 2.75) is 25.8 Å². The SMILES string of the molecule is CCOC(=O)CC[C@H](NC(=O)c1c[nH]c(=O)cn1)C(=O)O. The summed E-state index contributed by atoms with van der Waals surface area (Å²) in [5, 5.41) is 11.2. The molecule has 0 radical (unpaired) electrons. The highest BCUT2D eigenvalue weighted by atomic mass is 16.5. The molecule has 1 atom stereocenters. The molecule has 1 amide bonds. The second kappa shape index (κ2) is 7.78. The second-order valence-electron chi connectivity index (χ2n) is 4.00. The molecule has 0 unspecified atom stereocenters. The summed E-state index contributed by atoms with van der Waals surface area (Å²) < 4.78 is 4.68. The third-order valence-electron chi connectivity index (χ3n) is 2.45. The van der Waals surface area contributed by atoms with Crippen LogP contribution in [0.5, 0.6) is 0 Å². The number of ether oxygens (including phenoxy) is 1. The maximum absolute atomic E-state index is 11.8. The Morgan fingerprint density at radius 2 is 2.19 bits per heavy atom. The number of carboxylic acid groups (broad SMARTS) is 1. The third kappa shape index (κ3) is 5.43. The first-order chi connectivity index (χ1) is 9.93. The molecule has 0 spiro atoms. The van der Waals surface area contributed by atoms with Gasteiger partial charge in [0.1, 0.15) is 11.7 Å². The maximum Gasteiger partial charge on any atom is 0.326 e. The molecule has 1 aromatic rings. The second-order valence-corrected chi connectivity index (χ2v) is 4.00. The summed E-state index contributed by atoms with van der Waals surface area (Å²) in [6.45, 7) is 1.83. The van der Waals surface area contributed by atoms with Crippen LogP contribution in [-0.2, 0) is 14.3 Å². The van der Waals surface area contributed by atoms with Crippen LogP contribution in [0.1, 0.15) is 30.3 Å². The molecule has 1 heterocycles. The molecular formula is C12H15N3O6. The van der Waals surface area contributed by atoms with E-state index in [1.807, 2.05) is 0 Å². The predicted molar refractivity (Wildman–Crippen MR) is 69.6 cm³/mol. The molecule has 0 aliphatic carbocycles. The van der Waals surface area contributed by atoms with Gasteiger partial charge < -0.3 is 20.1 Å². The van der Waals surface area contributed by atoms with Crippen LogP contribution in [0.15, 0.2) is 17.2 Å². The number of amides is 1. The van der Waals surface area contributed by atoms with Gasteiger partial charge in [-0.3, -0.25) is 14.4 Å². The van der Waals surface area contributed by atoms with Crippen LogP contribution in [0.3, 0.4) is 0 Å². The summed E-state index contributed by atoms with van der Waals surface area (Å²) in [6.07, 6.45) is 1.73. The minimum absolute atomic E-state index is 0.108. The minimum Gasteiger partial charge on any atom is -0.480 e. The summed E-state index contributed by atoms with van der Waals surface area (Å²) in [5.41, 5.74) is -0.611. The van der Waals surface area contributed by atoms with Crippen molar-refractivity contribution in [3.05, 3.63) is 28.4 Å². The molecule has 0 saturated carbocycles. The van der Waals surface area contributed by atoms with E-state index in [1.165, 1.54) is 0 Å². The number of carbonyl (C=O) groups excluding carboxylic acids is 2. The van der Waals surface area contributed by atoms with E-state index >= 15 is 0 Å². The van der Waals surface area contributed by atoms with E-state index in [4.69, 9.17) is 5.11 Å². The Morgan fingerprint density at radius 1 is 1.48 bits per heavy atom. The van der Waals surface area contributed by atoms with Gasteiger partial charge in [0.05, 0.1) is 12.8 Å². The van der Waals surface area contributed by atoms with Gasteiger partial charge in [-0.25, -0.2) is 9.78 Å². The van der Waals surface area contributed by atoms with Crippen molar-refractivity contribution >= 4 is 17.8 Å². The fraction of sp³-hybridized carbons (Fsp3) is 0.417. The Hall–Kier alpha value is -2.71. The molecule has 114 valence electrons. The van der Waals surface area contributed by atoms with E-state index in [9.17, 15) is 19.2 Å². The number of H-pyrrole nitrogens is 1. The molecule has 21 heavy (non-hydrogen) atoms. The van der Waals surface area contributed by atoms with Gasteiger partial charge in [-0.05, 0) is 13.3 Å². The smallest absolute Gasteiger partial charge is 0.326 e. The van der Waals surface area contributed by atoms with Crippen LogP contribution in [-0.4, -0.2) is 45.6 Å². The summed E-state index contributed by atoms with van der Waals surface area (Å²) in [5.74, 6) is -2.58. The number of aromatic nitrogens is 2. The van der Waals surface area contributed by atoms with Crippen LogP contribution in [0.2, 0.25) is 0 Å². The van der Waals surface area contributed by atoms with Gasteiger partial charge >= 0.3 is 11.9 Å². The normalized spacial score (nSPS) is 11.5. The van der Waals surface area contributed by atoms with Crippen molar-refractivity contribution in [2.24, 2.45) is 0 Å². The lowest BCUT2D eigenvalue weighted by molar-refractivity contribution is -0.144. The topological polar surface area (TPSA) is 138 Å². The van der Waals surface area contributed by atoms with Crippen molar-refractivity contribution in [1.29, 1.82) is 0 Å². The first-order valence-electron chi connectivity index (χ1n) is 6.18. The summed E-state index contributed by atoms with van der Waals surface area (Å²) in [7, 11) is 0. The number of hydrogen-bond donors (Lipinski definition) is 3. The van der Waals surface area contributed by atoms with Crippen LogP contribution in [0, 0.1) is 0 Å². The highest BCUT2D eigenvalue weighted by Crippen LogP contribution is 2.01. The van der Waals surface area contributed by atoms with E-state index in [1.54, 1.807) is 6.92 Å². The van der Waals surface area contributed by atoms with Crippen molar-refractivity contribution in [3.63, 3.8) is 0 Å². The number of nitrogens with zero attached hydrogens (tertiary/aromatic N) is 1. The number of carbonyl (C=O) groups is 3. The number of esters is 1. The zero-order valence-corrected chi connectivity index (χ0v) is 11.3. The first-order valence-corrected chi connectivity index (χ1v) is 6.18. The summed E-state index contributed by atoms with van der Waals surface area (Å²) in [6, 6.07) is -1.25. The number of nitrogens with one attached hydrogen (secondary N) is 2. The van der Waals surface area contributed by atoms with E-state index in [0.717, 1.165) is 12.4 Å². The molecule has 0 bridgehead atoms. The van der Waals surface area contributed by atoms with Gasteiger partial charge in [-0.2, -0.15) is 0 Å². The standard InChI is InChI=1S/C12H15N3O6/c1-2-21-10(17)4-3-7(12(19)20)15-11(18)8-5-14-9(16)6-13-8/h5-7H,2-4H2,1H3,(H,14,16)(H,15,18)(H,19,20)/t7-/m0/s1. The monoisotopic (exact) mass is 297 g/mol. The highest BCUT2D eigenvalue weighted by molar-refractivity contribution is 5.94. The molecule has 9 nitrogen and oxygen atoms in total. The maximum atomic E-state index is 11.8. The molecule has 0 saturated heterocycles. The Kier molecular flexibility index (Phi) is 6.05. The van der Waals surface area contributed by atoms with Gasteiger partial charge in [-0.15, -0.1) is 0 Å². The zero-order valence-electron chi connectivity index (χ0n) is 11.3. The summed E-state index contributed by atoms with van der Waals surface area (Å²) >= 11 is 0. The van der Waals surface area contributed by atoms with Gasteiger partial charge in [-0.1, -0.05) is 0 Å². The Labute approximate surface area is 119 Å². The third-order valence-corrected chi connectivity index (χ3v) is 2.45. The Bertz CT molecular complexity index is 562. The van der Waals surface area contributed by atoms with Crippen LogP contribution < -0.4 is 10.9 Å². The average molecular weight is 297 g/mol. The fourth-order valence-electron chi connectivity index (χ4n) is 1.45. The fourth-order valence-corrected chi connectivity index (χ4v) is 1.45. The Morgan fingerprint density at radius 3 is 2.71 bits per heavy atom. The zero-order chi connectivity index (χ0) is 15.8. The molecule has 3 N–H and O–H groups in total. The van der Waals surface area contributed by atoms with E-state index in [-0.39, 0.29) is 25.1 Å². The Balaban J connectivity index is 2.63. The number of aromatic amines is 1. The predicted octanol–water partition coefficient (Wildman–Crippen LogP) is -0.704. The molecular weight excluding hydrogens is 282 g/mol. The average Bonchev–Trinajstić information content (AvgIpc) is 2.43. The lowest BCUT2D eigenvalue weighted by atomic mass is 10.1. The van der Waals surface area contributed by atoms with E-state index < -0.39 is 29.4 Å². The molecule has 0 aliphatic rings. The van der Waals surface area contributed by atoms with Crippen LogP contribution in [0.25, 0.3) is 0 Å². The molecule has 0 aromatic carbocycles. The molecule has 1 aromatic heterocycles. The number of rotatable bonds is 7. The number of carboxylic acids is 1. The molecule has 1 rings (SSSR count). The van der Waals surface area contributed by atoms with Crippen molar-refractivity contribution in [1.82, 2.24) is 15.3 Å². The van der Waals surface area contributed by atoms with Crippen molar-refractivity contribution in [2.75, 3.05) is 6.61 Å². The first kappa shape index (κ1) is 16.3. The molecule has 0 fully saturated rings. The van der Waals surface area contributed by atoms with Crippen molar-refractivity contribution < 1.29 is 24.2 Å². The highest BCUT2D eigenvalue weighted by Gasteiger charge is 2.22. The van der Waals surface area contributed by atoms with E-state index in [2.05, 4.69) is 20.0 Å². The minimum atomic E-state index is -1.28. The number of hydrogen-bond acceptors (Lipinski definition) is 6. The largest absolute Gasteiger partial charge is 0.480 e. The van der Waals surface area contributed by atoms with Gasteiger partial charge in [0.2, 0.25) is 0 Å². The van der Waals surface area contributed by atoms with Crippen LogP contribution in [0.4, 0.5) is 0 Å². The number of aliphatic carboxylic acids is 1. The molecule has 0 aliphatic heterocycles. The lowest BCUT2D eigenvalue weighted by Gasteiger charge is -2.13. The van der Waals surface area contributed by atoms with Crippen LogP contribution >= 0.6 is 0 Å².